The quantitative estimate of drug-likeness (QED) is 0.550. The molecule has 5 nitrogen and oxygen atoms in total. The summed E-state index contributed by atoms with van der Waals surface area (Å²) in [7, 11) is 0. The fourth-order valence-electron chi connectivity index (χ4n) is 1.95. The second kappa shape index (κ2) is 4.49. The van der Waals surface area contributed by atoms with Gasteiger partial charge in [-0.25, -0.2) is 0 Å². The zero-order valence-corrected chi connectivity index (χ0v) is 10.0. The number of hydrogen-bond donors (Lipinski definition) is 0. The van der Waals surface area contributed by atoms with Gasteiger partial charge in [0.15, 0.2) is 6.10 Å². The highest BCUT2D eigenvalue weighted by molar-refractivity contribution is 5.68. The molecule has 5 heteroatoms. The summed E-state index contributed by atoms with van der Waals surface area (Å²) in [6.07, 6.45) is 3.75. The van der Waals surface area contributed by atoms with E-state index in [-0.39, 0.29) is 0 Å². The zero-order valence-electron chi connectivity index (χ0n) is 10.0. The van der Waals surface area contributed by atoms with E-state index in [1.165, 1.54) is 19.4 Å². The van der Waals surface area contributed by atoms with Gasteiger partial charge >= 0.3 is 11.9 Å². The number of esters is 2. The van der Waals surface area contributed by atoms with Gasteiger partial charge in [0.05, 0.1) is 6.61 Å². The van der Waals surface area contributed by atoms with E-state index in [0.717, 1.165) is 12.8 Å². The molecule has 0 bridgehead atoms. The average molecular weight is 240 g/mol. The van der Waals surface area contributed by atoms with Crippen LogP contribution in [0, 0.1) is 0 Å². The monoisotopic (exact) mass is 240 g/mol. The highest BCUT2D eigenvalue weighted by Gasteiger charge is 2.49. The normalized spacial score (nSPS) is 30.9. The standard InChI is InChI=1S/C12H16O5/c1-8(13)16-11-5-6-15-12(11,17-9(2)14)7-10-3-4-10/h7,11H,3-6H2,1-2H3. The minimum Gasteiger partial charge on any atom is -0.455 e. The molecule has 0 spiro atoms. The number of allylic oxidation sites excluding steroid dienone is 1. The van der Waals surface area contributed by atoms with Gasteiger partial charge in [-0.3, -0.25) is 9.59 Å². The Balaban J connectivity index is 2.20. The second-order valence-electron chi connectivity index (χ2n) is 4.35. The smallest absolute Gasteiger partial charge is 0.305 e. The van der Waals surface area contributed by atoms with Crippen molar-refractivity contribution in [2.45, 2.75) is 45.0 Å². The molecule has 0 amide bonds. The SMILES string of the molecule is CC(=O)OC1CCOC1(C=C1CC1)OC(C)=O. The number of carbonyl (C=O) groups excluding carboxylic acids is 2. The lowest BCUT2D eigenvalue weighted by Crippen LogP contribution is -2.43. The van der Waals surface area contributed by atoms with Crippen molar-refractivity contribution in [3.8, 4) is 0 Å². The molecule has 2 fully saturated rings. The summed E-state index contributed by atoms with van der Waals surface area (Å²) in [6.45, 7) is 3.07. The van der Waals surface area contributed by atoms with Gasteiger partial charge in [0.2, 0.25) is 0 Å². The van der Waals surface area contributed by atoms with Gasteiger partial charge in [0.25, 0.3) is 5.79 Å². The molecule has 1 aliphatic carbocycles. The largest absolute Gasteiger partial charge is 0.455 e. The molecule has 2 aliphatic rings. The molecule has 0 aromatic carbocycles. The van der Waals surface area contributed by atoms with Crippen molar-refractivity contribution in [2.75, 3.05) is 6.61 Å². The lowest BCUT2D eigenvalue weighted by Gasteiger charge is -2.29. The number of carbonyl (C=O) groups is 2. The third-order valence-corrected chi connectivity index (χ3v) is 2.71. The fourth-order valence-corrected chi connectivity index (χ4v) is 1.95. The lowest BCUT2D eigenvalue weighted by molar-refractivity contribution is -0.220. The highest BCUT2D eigenvalue weighted by atomic mass is 16.7. The average Bonchev–Trinajstić information content (AvgIpc) is 2.91. The van der Waals surface area contributed by atoms with E-state index in [9.17, 15) is 9.59 Å². The first kappa shape index (κ1) is 12.1. The lowest BCUT2D eigenvalue weighted by atomic mass is 10.1. The van der Waals surface area contributed by atoms with Crippen molar-refractivity contribution in [3.63, 3.8) is 0 Å². The van der Waals surface area contributed by atoms with Gasteiger partial charge in [-0.05, 0) is 18.9 Å². The van der Waals surface area contributed by atoms with Crippen LogP contribution in [0.25, 0.3) is 0 Å². The van der Waals surface area contributed by atoms with E-state index in [2.05, 4.69) is 0 Å². The van der Waals surface area contributed by atoms with E-state index < -0.39 is 23.8 Å². The molecule has 1 saturated carbocycles. The van der Waals surface area contributed by atoms with Crippen LogP contribution in [0.1, 0.15) is 33.1 Å². The summed E-state index contributed by atoms with van der Waals surface area (Å²) in [6, 6.07) is 0. The van der Waals surface area contributed by atoms with E-state index in [1.54, 1.807) is 6.08 Å². The Bertz CT molecular complexity index is 367. The molecule has 1 saturated heterocycles. The molecule has 94 valence electrons. The highest BCUT2D eigenvalue weighted by Crippen LogP contribution is 2.38. The molecule has 2 rings (SSSR count). The summed E-state index contributed by atoms with van der Waals surface area (Å²) < 4.78 is 15.9. The Morgan fingerprint density at radius 2 is 2.06 bits per heavy atom. The van der Waals surface area contributed by atoms with Crippen LogP contribution in [0.5, 0.6) is 0 Å². The first-order valence-electron chi connectivity index (χ1n) is 5.73. The Hall–Kier alpha value is -1.36. The molecular formula is C12H16O5. The third-order valence-electron chi connectivity index (χ3n) is 2.71. The number of hydrogen-bond acceptors (Lipinski definition) is 5. The molecule has 1 aliphatic heterocycles. The van der Waals surface area contributed by atoms with E-state index in [0.29, 0.717) is 13.0 Å². The van der Waals surface area contributed by atoms with Crippen LogP contribution in [-0.2, 0) is 23.8 Å². The summed E-state index contributed by atoms with van der Waals surface area (Å²) in [5, 5.41) is 0. The van der Waals surface area contributed by atoms with Crippen LogP contribution >= 0.6 is 0 Å². The number of ether oxygens (including phenoxy) is 3. The van der Waals surface area contributed by atoms with Crippen molar-refractivity contribution in [2.24, 2.45) is 0 Å². The van der Waals surface area contributed by atoms with Crippen molar-refractivity contribution in [3.05, 3.63) is 11.6 Å². The summed E-state index contributed by atoms with van der Waals surface area (Å²) in [5.74, 6) is -2.05. The zero-order chi connectivity index (χ0) is 12.5. The van der Waals surface area contributed by atoms with Crippen molar-refractivity contribution in [1.29, 1.82) is 0 Å². The predicted molar refractivity (Wildman–Crippen MR) is 57.9 cm³/mol. The van der Waals surface area contributed by atoms with Gasteiger partial charge in [0, 0.05) is 20.3 Å². The topological polar surface area (TPSA) is 61.8 Å². The minimum atomic E-state index is -1.21. The third kappa shape index (κ3) is 2.85. The molecule has 0 aromatic heterocycles. The van der Waals surface area contributed by atoms with Gasteiger partial charge in [-0.2, -0.15) is 0 Å². The predicted octanol–water partition coefficient (Wildman–Crippen LogP) is 1.32. The first-order chi connectivity index (χ1) is 8.02. The van der Waals surface area contributed by atoms with E-state index >= 15 is 0 Å². The minimum absolute atomic E-state index is 0.397. The van der Waals surface area contributed by atoms with Crippen LogP contribution in [0.3, 0.4) is 0 Å². The Labute approximate surface area is 99.7 Å². The Kier molecular flexibility index (Phi) is 3.19. The molecular weight excluding hydrogens is 224 g/mol. The molecule has 0 aromatic rings. The van der Waals surface area contributed by atoms with Gasteiger partial charge in [0.1, 0.15) is 0 Å². The summed E-state index contributed by atoms with van der Waals surface area (Å²) in [4.78, 5) is 22.2. The molecule has 2 unspecified atom stereocenters. The summed E-state index contributed by atoms with van der Waals surface area (Å²) >= 11 is 0. The maximum atomic E-state index is 11.2. The molecule has 2 atom stereocenters. The Morgan fingerprint density at radius 3 is 2.59 bits per heavy atom. The fraction of sp³-hybridized carbons (Fsp3) is 0.667. The number of rotatable bonds is 3. The van der Waals surface area contributed by atoms with Crippen molar-refractivity contribution in [1.82, 2.24) is 0 Å². The van der Waals surface area contributed by atoms with Crippen LogP contribution in [0.2, 0.25) is 0 Å². The van der Waals surface area contributed by atoms with Crippen molar-refractivity contribution >= 4 is 11.9 Å². The van der Waals surface area contributed by atoms with Crippen LogP contribution in [0.4, 0.5) is 0 Å². The van der Waals surface area contributed by atoms with E-state index in [4.69, 9.17) is 14.2 Å². The molecule has 0 radical (unpaired) electrons. The first-order valence-corrected chi connectivity index (χ1v) is 5.73. The van der Waals surface area contributed by atoms with Crippen molar-refractivity contribution < 1.29 is 23.8 Å². The second-order valence-corrected chi connectivity index (χ2v) is 4.35. The van der Waals surface area contributed by atoms with Crippen LogP contribution in [0.15, 0.2) is 11.6 Å². The van der Waals surface area contributed by atoms with Gasteiger partial charge in [-0.1, -0.05) is 5.57 Å². The molecule has 0 N–H and O–H groups in total. The Morgan fingerprint density at radius 1 is 1.35 bits per heavy atom. The van der Waals surface area contributed by atoms with E-state index in [1.807, 2.05) is 0 Å². The van der Waals surface area contributed by atoms with Gasteiger partial charge < -0.3 is 14.2 Å². The maximum absolute atomic E-state index is 11.2. The molecule has 1 heterocycles. The maximum Gasteiger partial charge on any atom is 0.305 e. The summed E-state index contributed by atoms with van der Waals surface area (Å²) in [5.41, 5.74) is 1.17. The van der Waals surface area contributed by atoms with Crippen LogP contribution in [-0.4, -0.2) is 30.4 Å². The van der Waals surface area contributed by atoms with Gasteiger partial charge in [-0.15, -0.1) is 0 Å². The molecule has 17 heavy (non-hydrogen) atoms. The van der Waals surface area contributed by atoms with Crippen LogP contribution < -0.4 is 0 Å².